The Balaban J connectivity index is 0.974. The number of nitrogens with zero attached hydrogens (tertiary/aromatic N) is 2. The summed E-state index contributed by atoms with van der Waals surface area (Å²) in [5, 5.41) is 5.10. The highest BCUT2D eigenvalue weighted by atomic mass is 32.1. The minimum absolute atomic E-state index is 0.457. The third-order valence-electron chi connectivity index (χ3n) is 13.5. The van der Waals surface area contributed by atoms with E-state index in [1.165, 1.54) is 86.5 Å². The van der Waals surface area contributed by atoms with Crippen LogP contribution in [0, 0.1) is 0 Å². The van der Waals surface area contributed by atoms with Gasteiger partial charge >= 0.3 is 0 Å². The van der Waals surface area contributed by atoms with Crippen LogP contribution in [0.3, 0.4) is 0 Å². The minimum Gasteiger partial charge on any atom is -0.310 e. The molecule has 0 amide bonds. The van der Waals surface area contributed by atoms with Gasteiger partial charge in [-0.25, -0.2) is 0 Å². The number of hydrogen-bond donors (Lipinski definition) is 0. The van der Waals surface area contributed by atoms with Gasteiger partial charge in [0.25, 0.3) is 0 Å². The molecule has 0 unspecified atom stereocenters. The number of aromatic nitrogens is 1. The minimum atomic E-state index is -0.457. The highest BCUT2D eigenvalue weighted by Gasteiger charge is 2.46. The zero-order chi connectivity index (χ0) is 42.2. The molecule has 300 valence electrons. The van der Waals surface area contributed by atoms with E-state index in [9.17, 15) is 0 Å². The van der Waals surface area contributed by atoms with Crippen molar-refractivity contribution in [3.63, 3.8) is 0 Å². The molecular weight excluding hydrogens is 793 g/mol. The SMILES string of the molecule is c1ccc(C2(c3ccccc3)c3ccccc3-c3cc(N(c4ccc(-c5cccc(-n6c7ccccc7c7ccccc76)c5)cc4)c4ccc5sc6ccccc6c5c4)ccc32)cc1. The van der Waals surface area contributed by atoms with Crippen LogP contribution in [0.25, 0.3) is 69.9 Å². The highest BCUT2D eigenvalue weighted by molar-refractivity contribution is 7.25. The first-order valence-corrected chi connectivity index (χ1v) is 22.8. The van der Waals surface area contributed by atoms with Gasteiger partial charge in [-0.2, -0.15) is 0 Å². The van der Waals surface area contributed by atoms with Crippen LogP contribution >= 0.6 is 11.3 Å². The van der Waals surface area contributed by atoms with Crippen LogP contribution in [0.5, 0.6) is 0 Å². The third-order valence-corrected chi connectivity index (χ3v) is 14.6. The van der Waals surface area contributed by atoms with Crippen molar-refractivity contribution < 1.29 is 0 Å². The molecule has 1 aliphatic rings. The van der Waals surface area contributed by atoms with Gasteiger partial charge in [-0.05, 0) is 117 Å². The van der Waals surface area contributed by atoms with Crippen molar-refractivity contribution in [2.75, 3.05) is 4.90 Å². The van der Waals surface area contributed by atoms with Gasteiger partial charge in [0.2, 0.25) is 0 Å². The lowest BCUT2D eigenvalue weighted by atomic mass is 9.68. The summed E-state index contributed by atoms with van der Waals surface area (Å²) >= 11 is 1.86. The van der Waals surface area contributed by atoms with Crippen LogP contribution in [-0.2, 0) is 5.41 Å². The largest absolute Gasteiger partial charge is 0.310 e. The molecule has 0 atom stereocenters. The van der Waals surface area contributed by atoms with Crippen LogP contribution in [0.2, 0.25) is 0 Å². The number of para-hydroxylation sites is 2. The number of benzene rings is 10. The zero-order valence-corrected chi connectivity index (χ0v) is 35.7. The first kappa shape index (κ1) is 36.7. The van der Waals surface area contributed by atoms with Gasteiger partial charge in [0.05, 0.1) is 16.4 Å². The maximum absolute atomic E-state index is 2.44. The molecular formula is C61H40N2S. The molecule has 64 heavy (non-hydrogen) atoms. The molecule has 2 aromatic heterocycles. The van der Waals surface area contributed by atoms with E-state index >= 15 is 0 Å². The molecule has 0 spiro atoms. The van der Waals surface area contributed by atoms with E-state index < -0.39 is 5.41 Å². The molecule has 0 aliphatic heterocycles. The summed E-state index contributed by atoms with van der Waals surface area (Å²) in [4.78, 5) is 2.44. The first-order chi connectivity index (χ1) is 31.7. The molecule has 12 aromatic rings. The molecule has 0 N–H and O–H groups in total. The van der Waals surface area contributed by atoms with E-state index in [1.54, 1.807) is 0 Å². The Bertz CT molecular complexity index is 3640. The van der Waals surface area contributed by atoms with Crippen molar-refractivity contribution in [3.05, 3.63) is 265 Å². The maximum Gasteiger partial charge on any atom is 0.0713 e. The second-order valence-corrected chi connectivity index (χ2v) is 17.9. The Hall–Kier alpha value is -7.98. The van der Waals surface area contributed by atoms with Gasteiger partial charge in [0.15, 0.2) is 0 Å². The topological polar surface area (TPSA) is 8.17 Å². The van der Waals surface area contributed by atoms with Crippen LogP contribution in [0.1, 0.15) is 22.3 Å². The van der Waals surface area contributed by atoms with Crippen molar-refractivity contribution in [2.45, 2.75) is 5.41 Å². The molecule has 1 aliphatic carbocycles. The van der Waals surface area contributed by atoms with Crippen molar-refractivity contribution in [1.29, 1.82) is 0 Å². The quantitative estimate of drug-likeness (QED) is 0.155. The van der Waals surface area contributed by atoms with E-state index in [1.807, 2.05) is 11.3 Å². The predicted octanol–water partition coefficient (Wildman–Crippen LogP) is 16.7. The molecule has 2 nitrogen and oxygen atoms in total. The summed E-state index contributed by atoms with van der Waals surface area (Å²) < 4.78 is 4.99. The number of anilines is 3. The Kier molecular flexibility index (Phi) is 8.34. The van der Waals surface area contributed by atoms with E-state index in [0.29, 0.717) is 0 Å². The second-order valence-electron chi connectivity index (χ2n) is 16.8. The third kappa shape index (κ3) is 5.51. The lowest BCUT2D eigenvalue weighted by Crippen LogP contribution is -2.28. The number of thiophene rings is 1. The van der Waals surface area contributed by atoms with Gasteiger partial charge in [0.1, 0.15) is 0 Å². The summed E-state index contributed by atoms with van der Waals surface area (Å²) in [7, 11) is 0. The summed E-state index contributed by atoms with van der Waals surface area (Å²) in [6.07, 6.45) is 0. The molecule has 13 rings (SSSR count). The molecule has 0 saturated carbocycles. The first-order valence-electron chi connectivity index (χ1n) is 22.0. The fraction of sp³-hybridized carbons (Fsp3) is 0.0164. The van der Waals surface area contributed by atoms with Gasteiger partial charge in [-0.1, -0.05) is 170 Å². The van der Waals surface area contributed by atoms with Gasteiger partial charge in [-0.3, -0.25) is 0 Å². The fourth-order valence-corrected chi connectivity index (χ4v) is 11.8. The lowest BCUT2D eigenvalue weighted by Gasteiger charge is -2.34. The number of rotatable bonds is 7. The molecule has 10 aromatic carbocycles. The second kappa shape index (κ2) is 14.6. The van der Waals surface area contributed by atoms with Crippen molar-refractivity contribution in [3.8, 4) is 27.9 Å². The van der Waals surface area contributed by atoms with Crippen LogP contribution in [-0.4, -0.2) is 4.57 Å². The molecule has 0 bridgehead atoms. The van der Waals surface area contributed by atoms with Crippen molar-refractivity contribution >= 4 is 70.4 Å². The Morgan fingerprint density at radius 3 is 1.64 bits per heavy atom. The average Bonchev–Trinajstić information content (AvgIpc) is 4.01. The maximum atomic E-state index is 2.44. The van der Waals surface area contributed by atoms with Crippen LogP contribution in [0.15, 0.2) is 243 Å². The van der Waals surface area contributed by atoms with E-state index in [2.05, 4.69) is 252 Å². The van der Waals surface area contributed by atoms with E-state index in [4.69, 9.17) is 0 Å². The van der Waals surface area contributed by atoms with Gasteiger partial charge in [-0.15, -0.1) is 11.3 Å². The number of hydrogen-bond acceptors (Lipinski definition) is 2. The van der Waals surface area contributed by atoms with E-state index in [0.717, 1.165) is 22.7 Å². The zero-order valence-electron chi connectivity index (χ0n) is 34.9. The average molecular weight is 833 g/mol. The van der Waals surface area contributed by atoms with Crippen LogP contribution in [0.4, 0.5) is 17.1 Å². The molecule has 2 heterocycles. The Morgan fingerprint density at radius 1 is 0.344 bits per heavy atom. The monoisotopic (exact) mass is 832 g/mol. The fourth-order valence-electron chi connectivity index (χ4n) is 10.7. The molecule has 0 saturated heterocycles. The summed E-state index contributed by atoms with van der Waals surface area (Å²) in [5.41, 5.74) is 16.5. The normalized spacial score (nSPS) is 12.8. The van der Waals surface area contributed by atoms with Gasteiger partial charge < -0.3 is 9.47 Å². The Labute approximate surface area is 376 Å². The Morgan fingerprint density at radius 2 is 0.906 bits per heavy atom. The van der Waals surface area contributed by atoms with Crippen molar-refractivity contribution in [1.82, 2.24) is 4.57 Å². The standard InChI is InChI=1S/C61H40N2S/c1-3-17-43(18-4-1)61(44-19-5-2-6-20-44)55-26-11-7-22-49(55)53-39-47(34-36-56(53)61)62(48-35-37-60-54(40-48)52-25-10-14-29-59(52)64-60)45-32-30-41(31-33-45)42-16-15-21-46(38-42)63-57-27-12-8-23-50(57)51-24-9-13-28-58(51)63/h1-40H. The van der Waals surface area contributed by atoms with Crippen molar-refractivity contribution in [2.24, 2.45) is 0 Å². The number of fused-ring (bicyclic) bond motifs is 9. The predicted molar refractivity (Wildman–Crippen MR) is 271 cm³/mol. The summed E-state index contributed by atoms with van der Waals surface area (Å²) in [6, 6.07) is 89.5. The molecule has 0 radical (unpaired) electrons. The van der Waals surface area contributed by atoms with E-state index in [-0.39, 0.29) is 0 Å². The molecule has 3 heteroatoms. The van der Waals surface area contributed by atoms with Gasteiger partial charge in [0, 0.05) is 53.7 Å². The summed E-state index contributed by atoms with van der Waals surface area (Å²) in [5.74, 6) is 0. The summed E-state index contributed by atoms with van der Waals surface area (Å²) in [6.45, 7) is 0. The highest BCUT2D eigenvalue weighted by Crippen LogP contribution is 2.57. The van der Waals surface area contributed by atoms with Crippen LogP contribution < -0.4 is 4.90 Å². The smallest absolute Gasteiger partial charge is 0.0713 e. The lowest BCUT2D eigenvalue weighted by molar-refractivity contribution is 0.768. The molecule has 0 fully saturated rings.